The molecule has 4 atom stereocenters. The second-order valence-electron chi connectivity index (χ2n) is 9.41. The Labute approximate surface area is 222 Å². The van der Waals surface area contributed by atoms with Crippen molar-refractivity contribution < 1.29 is 28.8 Å². The smallest absolute Gasteiger partial charge is 0.271 e. The molecule has 6 rings (SSSR count). The minimum absolute atomic E-state index is 0.0362. The van der Waals surface area contributed by atoms with Gasteiger partial charge in [-0.05, 0) is 41.5 Å². The lowest BCUT2D eigenvalue weighted by Gasteiger charge is -2.33. The molecule has 0 unspecified atom stereocenters. The van der Waals surface area contributed by atoms with Gasteiger partial charge in [-0.1, -0.05) is 24.3 Å². The molecule has 0 saturated carbocycles. The van der Waals surface area contributed by atoms with E-state index in [0.29, 0.717) is 11.3 Å². The zero-order valence-electron chi connectivity index (χ0n) is 20.9. The first-order valence-corrected chi connectivity index (χ1v) is 12.2. The normalized spacial score (nSPS) is 22.8. The highest BCUT2D eigenvalue weighted by molar-refractivity contribution is 6.25. The maximum absolute atomic E-state index is 14.1. The van der Waals surface area contributed by atoms with Crippen LogP contribution in [0.2, 0.25) is 0 Å². The minimum atomic E-state index is -1.08. The number of carbonyl (C=O) groups is 3. The summed E-state index contributed by atoms with van der Waals surface area (Å²) in [5.41, 5.74) is 1.54. The van der Waals surface area contributed by atoms with Crippen molar-refractivity contribution >= 4 is 35.2 Å². The van der Waals surface area contributed by atoms with Crippen molar-refractivity contribution in [3.63, 3.8) is 0 Å². The highest BCUT2D eigenvalue weighted by Crippen LogP contribution is 2.54. The molecule has 0 aliphatic carbocycles. The molecule has 3 aliphatic rings. The SMILES string of the molecule is COc1ccc(C(=O)[C@@H]2[C@@H]3C(=O)N(c4cc([N+](=O)[O-])ccc4OC)C(=O)[C@H]3[C@@H]3c4ccccc4C=NN23)cc1. The van der Waals surface area contributed by atoms with E-state index in [0.717, 1.165) is 22.1 Å². The van der Waals surface area contributed by atoms with Gasteiger partial charge in [0.25, 0.3) is 5.69 Å². The number of nitro benzene ring substituents is 1. The molecule has 2 fully saturated rings. The number of hydrogen-bond donors (Lipinski definition) is 0. The maximum Gasteiger partial charge on any atom is 0.271 e. The third-order valence-corrected chi connectivity index (χ3v) is 7.55. The monoisotopic (exact) mass is 526 g/mol. The molecule has 3 aromatic carbocycles. The molecule has 0 spiro atoms. The molecule has 2 saturated heterocycles. The number of non-ortho nitro benzene ring substituents is 1. The number of nitro groups is 1. The van der Waals surface area contributed by atoms with Crippen LogP contribution in [0.3, 0.4) is 0 Å². The zero-order valence-corrected chi connectivity index (χ0v) is 20.9. The van der Waals surface area contributed by atoms with Gasteiger partial charge in [0.1, 0.15) is 23.2 Å². The first-order chi connectivity index (χ1) is 18.8. The molecule has 11 nitrogen and oxygen atoms in total. The predicted octanol–water partition coefficient (Wildman–Crippen LogP) is 3.37. The topological polar surface area (TPSA) is 132 Å². The summed E-state index contributed by atoms with van der Waals surface area (Å²) in [7, 11) is 2.86. The van der Waals surface area contributed by atoms with Gasteiger partial charge in [0.05, 0.1) is 43.2 Å². The van der Waals surface area contributed by atoms with Gasteiger partial charge in [-0.25, -0.2) is 4.90 Å². The van der Waals surface area contributed by atoms with E-state index in [1.54, 1.807) is 35.5 Å². The van der Waals surface area contributed by atoms with E-state index in [-0.39, 0.29) is 22.9 Å². The van der Waals surface area contributed by atoms with Gasteiger partial charge in [-0.15, -0.1) is 0 Å². The number of benzene rings is 3. The van der Waals surface area contributed by atoms with Crippen LogP contribution in [0.25, 0.3) is 0 Å². The van der Waals surface area contributed by atoms with Crippen LogP contribution in [0.15, 0.2) is 71.8 Å². The summed E-state index contributed by atoms with van der Waals surface area (Å²) in [5, 5.41) is 17.6. The van der Waals surface area contributed by atoms with Crippen molar-refractivity contribution in [3.05, 3.63) is 93.5 Å². The van der Waals surface area contributed by atoms with E-state index in [4.69, 9.17) is 9.47 Å². The molecule has 11 heteroatoms. The van der Waals surface area contributed by atoms with E-state index in [9.17, 15) is 24.5 Å². The maximum atomic E-state index is 14.1. The van der Waals surface area contributed by atoms with Crippen LogP contribution in [-0.2, 0) is 9.59 Å². The third-order valence-electron chi connectivity index (χ3n) is 7.55. The molecular formula is C28H22N4O7. The average Bonchev–Trinajstić information content (AvgIpc) is 3.44. The molecule has 0 aromatic heterocycles. The van der Waals surface area contributed by atoms with Gasteiger partial charge in [0, 0.05) is 17.7 Å². The number of hydrogen-bond acceptors (Lipinski definition) is 9. The number of anilines is 1. The first kappa shape index (κ1) is 24.3. The lowest BCUT2D eigenvalue weighted by atomic mass is 9.83. The fourth-order valence-corrected chi connectivity index (χ4v) is 5.80. The number of amides is 2. The number of methoxy groups -OCH3 is 2. The Kier molecular flexibility index (Phi) is 5.63. The number of nitrogens with zero attached hydrogens (tertiary/aromatic N) is 4. The molecule has 0 bridgehead atoms. The summed E-state index contributed by atoms with van der Waals surface area (Å²) in [6.45, 7) is 0. The molecule has 196 valence electrons. The van der Waals surface area contributed by atoms with Crippen LogP contribution in [0.5, 0.6) is 11.5 Å². The first-order valence-electron chi connectivity index (χ1n) is 12.2. The van der Waals surface area contributed by atoms with Crippen molar-refractivity contribution in [2.45, 2.75) is 12.1 Å². The summed E-state index contributed by atoms with van der Waals surface area (Å²) in [4.78, 5) is 53.9. The largest absolute Gasteiger partial charge is 0.497 e. The fourth-order valence-electron chi connectivity index (χ4n) is 5.80. The zero-order chi connectivity index (χ0) is 27.4. The Morgan fingerprint density at radius 2 is 1.67 bits per heavy atom. The molecule has 3 heterocycles. The molecule has 39 heavy (non-hydrogen) atoms. The Morgan fingerprint density at radius 3 is 2.36 bits per heavy atom. The second kappa shape index (κ2) is 9.05. The van der Waals surface area contributed by atoms with E-state index in [2.05, 4.69) is 5.10 Å². The van der Waals surface area contributed by atoms with Crippen LogP contribution in [0.4, 0.5) is 11.4 Å². The summed E-state index contributed by atoms with van der Waals surface area (Å²) in [5.74, 6) is -2.93. The van der Waals surface area contributed by atoms with Crippen LogP contribution in [0, 0.1) is 22.0 Å². The Hall–Kier alpha value is -5.06. The highest BCUT2D eigenvalue weighted by atomic mass is 16.6. The van der Waals surface area contributed by atoms with Crippen molar-refractivity contribution in [1.82, 2.24) is 5.01 Å². The van der Waals surface area contributed by atoms with Crippen molar-refractivity contribution in [1.29, 1.82) is 0 Å². The molecule has 0 N–H and O–H groups in total. The average molecular weight is 527 g/mol. The van der Waals surface area contributed by atoms with E-state index < -0.39 is 40.7 Å². The number of fused-ring (bicyclic) bond motifs is 5. The molecule has 2 amide bonds. The third kappa shape index (κ3) is 3.57. The quantitative estimate of drug-likeness (QED) is 0.207. The van der Waals surface area contributed by atoms with Crippen LogP contribution >= 0.6 is 0 Å². The van der Waals surface area contributed by atoms with Crippen molar-refractivity contribution in [2.75, 3.05) is 19.1 Å². The number of hydrazone groups is 1. The molecule has 3 aromatic rings. The van der Waals surface area contributed by atoms with Crippen molar-refractivity contribution in [3.8, 4) is 11.5 Å². The molecular weight excluding hydrogens is 504 g/mol. The van der Waals surface area contributed by atoms with Gasteiger partial charge in [0.2, 0.25) is 11.8 Å². The fraction of sp³-hybridized carbons (Fsp3) is 0.214. The number of ketones is 1. The van der Waals surface area contributed by atoms with E-state index in [1.807, 2.05) is 24.3 Å². The molecule has 3 aliphatic heterocycles. The van der Waals surface area contributed by atoms with Crippen LogP contribution < -0.4 is 14.4 Å². The van der Waals surface area contributed by atoms with Gasteiger partial charge < -0.3 is 9.47 Å². The summed E-state index contributed by atoms with van der Waals surface area (Å²) in [6.07, 6.45) is 1.62. The van der Waals surface area contributed by atoms with Crippen molar-refractivity contribution in [2.24, 2.45) is 16.9 Å². The second-order valence-corrected chi connectivity index (χ2v) is 9.41. The van der Waals surface area contributed by atoms with E-state index >= 15 is 0 Å². The van der Waals surface area contributed by atoms with E-state index in [1.165, 1.54) is 26.4 Å². The van der Waals surface area contributed by atoms with Crippen LogP contribution in [-0.4, -0.2) is 54.0 Å². The number of Topliss-reactive ketones (excluding diaryl/α,β-unsaturated/α-hetero) is 1. The Morgan fingerprint density at radius 1 is 0.949 bits per heavy atom. The minimum Gasteiger partial charge on any atom is -0.497 e. The summed E-state index contributed by atoms with van der Waals surface area (Å²) >= 11 is 0. The lowest BCUT2D eigenvalue weighted by molar-refractivity contribution is -0.384. The highest BCUT2D eigenvalue weighted by Gasteiger charge is 2.65. The van der Waals surface area contributed by atoms with Gasteiger partial charge in [0.15, 0.2) is 5.78 Å². The summed E-state index contributed by atoms with van der Waals surface area (Å²) < 4.78 is 10.6. The van der Waals surface area contributed by atoms with Gasteiger partial charge in [-0.2, -0.15) is 5.10 Å². The summed E-state index contributed by atoms with van der Waals surface area (Å²) in [6, 6.07) is 15.8. The number of ether oxygens (including phenoxy) is 2. The number of imide groups is 1. The van der Waals surface area contributed by atoms with Gasteiger partial charge >= 0.3 is 0 Å². The standard InChI is InChI=1S/C28H22N4O7/c1-38-18-10-7-15(8-11-18)26(33)25-23-22(24-19-6-4-3-5-16(19)14-29-31(24)25)27(34)30(28(23)35)20-13-17(32(36)37)9-12-21(20)39-2/h3-14,22-25H,1-2H3/t22-,23-,24+,25+/m1/s1. The Bertz CT molecular complexity index is 1570. The molecule has 0 radical (unpaired) electrons. The number of carbonyl (C=O) groups excluding carboxylic acids is 3. The van der Waals surface area contributed by atoms with Gasteiger partial charge in [-0.3, -0.25) is 29.5 Å². The van der Waals surface area contributed by atoms with Crippen LogP contribution in [0.1, 0.15) is 27.5 Å². The lowest BCUT2D eigenvalue weighted by Crippen LogP contribution is -2.44. The Balaban J connectivity index is 1.50. The number of rotatable bonds is 6. The predicted molar refractivity (Wildman–Crippen MR) is 139 cm³/mol.